The number of rotatable bonds is 6. The summed E-state index contributed by atoms with van der Waals surface area (Å²) in [5.41, 5.74) is 0.182. The van der Waals surface area contributed by atoms with Crippen molar-refractivity contribution in [3.05, 3.63) is 63.7 Å². The summed E-state index contributed by atoms with van der Waals surface area (Å²) in [6, 6.07) is 4.79. The minimum atomic E-state index is -4.99. The topological polar surface area (TPSA) is 76.4 Å². The van der Waals surface area contributed by atoms with E-state index in [1.165, 1.54) is 11.8 Å². The van der Waals surface area contributed by atoms with Crippen LogP contribution in [0.3, 0.4) is 0 Å². The monoisotopic (exact) mass is 624 g/mol. The molecule has 3 aromatic rings. The number of nitrogens with zero attached hydrogens (tertiary/aromatic N) is 6. The number of carbonyl (C=O) groups is 1. The van der Waals surface area contributed by atoms with Gasteiger partial charge >= 0.3 is 18.4 Å². The van der Waals surface area contributed by atoms with Gasteiger partial charge in [0.2, 0.25) is 0 Å². The van der Waals surface area contributed by atoms with E-state index in [0.29, 0.717) is 49.2 Å². The fourth-order valence-electron chi connectivity index (χ4n) is 6.10. The second-order valence-electron chi connectivity index (χ2n) is 11.4. The summed E-state index contributed by atoms with van der Waals surface area (Å²) in [7, 11) is 1.51. The van der Waals surface area contributed by atoms with Crippen molar-refractivity contribution in [2.24, 2.45) is 7.05 Å². The van der Waals surface area contributed by atoms with Gasteiger partial charge in [-0.25, -0.2) is 4.79 Å². The van der Waals surface area contributed by atoms with Crippen LogP contribution in [0.4, 0.5) is 42.8 Å². The minimum Gasteiger partial charge on any atom is -0.446 e. The number of hydrogen-bond donors (Lipinski definition) is 0. The summed E-state index contributed by atoms with van der Waals surface area (Å²) >= 11 is 0. The van der Waals surface area contributed by atoms with Gasteiger partial charge in [-0.2, -0.15) is 31.1 Å². The van der Waals surface area contributed by atoms with Crippen LogP contribution in [0.15, 0.2) is 30.3 Å². The highest BCUT2D eigenvalue weighted by Gasteiger charge is 2.38. The number of aromatic nitrogens is 4. The number of hydrogen-bond acceptors (Lipinski definition) is 6. The van der Waals surface area contributed by atoms with Crippen LogP contribution >= 0.6 is 0 Å². The third kappa shape index (κ3) is 6.78. The number of amides is 1. The van der Waals surface area contributed by atoms with Gasteiger partial charge in [-0.05, 0) is 104 Å². The number of benzene rings is 2. The summed E-state index contributed by atoms with van der Waals surface area (Å²) in [5.74, 6) is 0.0371. The molecule has 0 N–H and O–H groups in total. The van der Waals surface area contributed by atoms with Crippen molar-refractivity contribution >= 4 is 17.7 Å². The average Bonchev–Trinajstić information content (AvgIpc) is 3.59. The molecule has 1 aliphatic carbocycles. The molecule has 238 valence electrons. The third-order valence-electron chi connectivity index (χ3n) is 8.30. The molecule has 2 heterocycles. The first-order chi connectivity index (χ1) is 20.7. The lowest BCUT2D eigenvalue weighted by atomic mass is 9.93. The average molecular weight is 625 g/mol. The number of aryl methyl sites for hydroxylation is 3. The quantitative estimate of drug-likeness (QED) is 0.264. The van der Waals surface area contributed by atoms with E-state index in [2.05, 4.69) is 15.4 Å². The van der Waals surface area contributed by atoms with Gasteiger partial charge in [0, 0.05) is 13.1 Å². The van der Waals surface area contributed by atoms with Gasteiger partial charge in [0.15, 0.2) is 0 Å². The first kappa shape index (κ1) is 31.6. The van der Waals surface area contributed by atoms with Gasteiger partial charge in [0.25, 0.3) is 5.95 Å². The maximum absolute atomic E-state index is 13.7. The summed E-state index contributed by atoms with van der Waals surface area (Å²) < 4.78 is 88.2. The molecule has 1 saturated carbocycles. The molecular formula is C30H34F6N6O2. The molecule has 2 aliphatic rings. The van der Waals surface area contributed by atoms with Crippen LogP contribution in [0.1, 0.15) is 84.9 Å². The maximum Gasteiger partial charge on any atom is 0.416 e. The summed E-state index contributed by atoms with van der Waals surface area (Å²) in [6.45, 7) is 3.87. The third-order valence-corrected chi connectivity index (χ3v) is 8.30. The van der Waals surface area contributed by atoms with Crippen LogP contribution in [0, 0.1) is 6.92 Å². The van der Waals surface area contributed by atoms with Gasteiger partial charge in [0.05, 0.1) is 29.9 Å². The Kier molecular flexibility index (Phi) is 8.81. The van der Waals surface area contributed by atoms with Crippen LogP contribution in [-0.4, -0.2) is 38.9 Å². The minimum absolute atomic E-state index is 0.0371. The van der Waals surface area contributed by atoms with Crippen LogP contribution in [0.2, 0.25) is 0 Å². The Morgan fingerprint density at radius 3 is 2.20 bits per heavy atom. The van der Waals surface area contributed by atoms with E-state index in [-0.39, 0.29) is 30.2 Å². The Morgan fingerprint density at radius 1 is 0.977 bits per heavy atom. The number of halogens is 6. The Bertz CT molecular complexity index is 1470. The molecular weight excluding hydrogens is 590 g/mol. The fourth-order valence-corrected chi connectivity index (χ4v) is 6.10. The highest BCUT2D eigenvalue weighted by molar-refractivity contribution is 5.89. The smallest absolute Gasteiger partial charge is 0.416 e. The second kappa shape index (κ2) is 12.3. The molecule has 1 atom stereocenters. The zero-order chi connectivity index (χ0) is 31.8. The van der Waals surface area contributed by atoms with Crippen molar-refractivity contribution in [2.75, 3.05) is 16.3 Å². The van der Waals surface area contributed by atoms with E-state index in [0.717, 1.165) is 36.8 Å². The Hall–Kier alpha value is -3.84. The van der Waals surface area contributed by atoms with Crippen LogP contribution in [0.25, 0.3) is 0 Å². The van der Waals surface area contributed by atoms with Crippen molar-refractivity contribution in [1.82, 2.24) is 20.2 Å². The molecule has 1 aromatic heterocycles. The highest BCUT2D eigenvalue weighted by atomic mass is 19.4. The number of fused-ring (bicyclic) bond motifs is 1. The number of anilines is 2. The molecule has 1 amide bonds. The summed E-state index contributed by atoms with van der Waals surface area (Å²) in [6.07, 6.45) is -5.49. The van der Waals surface area contributed by atoms with Crippen LogP contribution in [-0.2, 0) is 37.1 Å². The lowest BCUT2D eigenvalue weighted by molar-refractivity contribution is -0.143. The molecule has 44 heavy (non-hydrogen) atoms. The largest absolute Gasteiger partial charge is 0.446 e. The molecule has 0 saturated heterocycles. The molecule has 0 unspecified atom stereocenters. The van der Waals surface area contributed by atoms with E-state index < -0.39 is 35.6 Å². The van der Waals surface area contributed by atoms with Gasteiger partial charge in [-0.1, -0.05) is 18.1 Å². The zero-order valence-electron chi connectivity index (χ0n) is 24.7. The van der Waals surface area contributed by atoms with E-state index in [1.54, 1.807) is 9.80 Å². The van der Waals surface area contributed by atoms with Crippen LogP contribution < -0.4 is 9.80 Å². The molecule has 8 nitrogen and oxygen atoms in total. The molecule has 2 aromatic carbocycles. The number of ether oxygens (including phenoxy) is 1. The second-order valence-corrected chi connectivity index (χ2v) is 11.4. The molecule has 5 rings (SSSR count). The predicted molar refractivity (Wildman–Crippen MR) is 150 cm³/mol. The van der Waals surface area contributed by atoms with Crippen molar-refractivity contribution in [2.45, 2.75) is 89.8 Å². The fraction of sp³-hybridized carbons (Fsp3) is 0.533. The highest BCUT2D eigenvalue weighted by Crippen LogP contribution is 2.42. The van der Waals surface area contributed by atoms with E-state index in [1.807, 2.05) is 26.0 Å². The summed E-state index contributed by atoms with van der Waals surface area (Å²) in [4.78, 5) is 17.8. The number of alkyl halides is 6. The molecule has 0 bridgehead atoms. The van der Waals surface area contributed by atoms with Gasteiger partial charge in [0.1, 0.15) is 6.10 Å². The van der Waals surface area contributed by atoms with E-state index in [9.17, 15) is 31.1 Å². The Labute approximate surface area is 251 Å². The molecule has 1 fully saturated rings. The zero-order valence-corrected chi connectivity index (χ0v) is 24.7. The lowest BCUT2D eigenvalue weighted by Gasteiger charge is -2.33. The maximum atomic E-state index is 13.7. The Morgan fingerprint density at radius 2 is 1.64 bits per heavy atom. The molecule has 0 spiro atoms. The lowest BCUT2D eigenvalue weighted by Crippen LogP contribution is -2.35. The van der Waals surface area contributed by atoms with Gasteiger partial charge in [-0.3, -0.25) is 4.90 Å². The summed E-state index contributed by atoms with van der Waals surface area (Å²) in [5, 5.41) is 12.3. The van der Waals surface area contributed by atoms with Gasteiger partial charge in [-0.15, -0.1) is 5.10 Å². The molecule has 14 heteroatoms. The van der Waals surface area contributed by atoms with Crippen molar-refractivity contribution in [3.63, 3.8) is 0 Å². The molecule has 0 radical (unpaired) electrons. The van der Waals surface area contributed by atoms with Crippen molar-refractivity contribution in [1.29, 1.82) is 0 Å². The normalized spacial score (nSPS) is 17.8. The van der Waals surface area contributed by atoms with Crippen molar-refractivity contribution < 1.29 is 35.9 Å². The van der Waals surface area contributed by atoms with Gasteiger partial charge < -0.3 is 9.64 Å². The first-order valence-corrected chi connectivity index (χ1v) is 14.6. The Balaban J connectivity index is 1.61. The predicted octanol–water partition coefficient (Wildman–Crippen LogP) is 7.55. The number of tetrazole rings is 1. The standard InChI is InChI=1S/C30H34F6N6O2/c1-4-20-15-24-25(10-7-11-41(26(24)12-18(20)2)28(43)44-23-8-5-6-9-23)42(27-37-39-40(3)38-27)17-19-13-21(29(31,32)33)16-22(14-19)30(34,35)36/h12-16,23,25H,4-11,17H2,1-3H3/t25-/m0/s1. The van der Waals surface area contributed by atoms with Crippen LogP contribution in [0.5, 0.6) is 0 Å². The first-order valence-electron chi connectivity index (χ1n) is 14.6. The number of carbonyl (C=O) groups excluding carboxylic acids is 1. The van der Waals surface area contributed by atoms with Crippen molar-refractivity contribution in [3.8, 4) is 0 Å². The molecule has 1 aliphatic heterocycles. The SMILES string of the molecule is CCc1cc2c(cc1C)N(C(=O)OC1CCCC1)CCC[C@@H]2N(Cc1cc(C(F)(F)F)cc(C(F)(F)F)c1)c1nnn(C)n1. The van der Waals surface area contributed by atoms with E-state index >= 15 is 0 Å². The van der Waals surface area contributed by atoms with E-state index in [4.69, 9.17) is 4.74 Å².